The van der Waals surface area contributed by atoms with Gasteiger partial charge in [0.25, 0.3) is 0 Å². The Labute approximate surface area is 186 Å². The zero-order valence-corrected chi connectivity index (χ0v) is 18.8. The van der Waals surface area contributed by atoms with Gasteiger partial charge in [0, 0.05) is 12.2 Å². The topological polar surface area (TPSA) is 69.0 Å². The second kappa shape index (κ2) is 10.5. The number of halogens is 1. The first kappa shape index (κ1) is 22.2. The van der Waals surface area contributed by atoms with Crippen molar-refractivity contribution in [2.75, 3.05) is 5.32 Å². The Balaban J connectivity index is 1.73. The SMILES string of the molecule is CCC(Sc1nnc(C(C)Oc2ccccc2Cl)n1CC)C(=O)Nc1ccccc1. The van der Waals surface area contributed by atoms with Gasteiger partial charge in [-0.1, -0.05) is 60.6 Å². The molecular weight excluding hydrogens is 420 g/mol. The summed E-state index contributed by atoms with van der Waals surface area (Å²) in [6, 6.07) is 16.8. The second-order valence-electron chi connectivity index (χ2n) is 6.65. The molecule has 0 fully saturated rings. The molecule has 0 bridgehead atoms. The number of carbonyl (C=O) groups excluding carboxylic acids is 1. The van der Waals surface area contributed by atoms with Crippen molar-refractivity contribution in [3.63, 3.8) is 0 Å². The maximum atomic E-state index is 12.7. The number of hydrogen-bond donors (Lipinski definition) is 1. The Morgan fingerprint density at radius 1 is 1.13 bits per heavy atom. The average molecular weight is 445 g/mol. The molecule has 0 radical (unpaired) electrons. The molecule has 158 valence electrons. The molecule has 1 N–H and O–H groups in total. The third-order valence-corrected chi connectivity index (χ3v) is 6.17. The van der Waals surface area contributed by atoms with Gasteiger partial charge in [-0.25, -0.2) is 0 Å². The molecule has 2 unspecified atom stereocenters. The third-order valence-electron chi connectivity index (χ3n) is 4.52. The Hall–Kier alpha value is -2.51. The van der Waals surface area contributed by atoms with E-state index in [2.05, 4.69) is 15.5 Å². The summed E-state index contributed by atoms with van der Waals surface area (Å²) in [6.45, 7) is 6.58. The van der Waals surface area contributed by atoms with Gasteiger partial charge in [-0.15, -0.1) is 10.2 Å². The molecule has 8 heteroatoms. The molecule has 0 saturated carbocycles. The molecule has 0 saturated heterocycles. The fourth-order valence-electron chi connectivity index (χ4n) is 2.96. The smallest absolute Gasteiger partial charge is 0.237 e. The summed E-state index contributed by atoms with van der Waals surface area (Å²) in [6.07, 6.45) is 0.325. The minimum atomic E-state index is -0.343. The summed E-state index contributed by atoms with van der Waals surface area (Å²) in [5.74, 6) is 1.24. The number of rotatable bonds is 9. The Morgan fingerprint density at radius 3 is 2.50 bits per heavy atom. The number of anilines is 1. The lowest BCUT2D eigenvalue weighted by atomic mass is 10.3. The largest absolute Gasteiger partial charge is 0.481 e. The van der Waals surface area contributed by atoms with Crippen molar-refractivity contribution in [3.8, 4) is 5.75 Å². The maximum absolute atomic E-state index is 12.7. The van der Waals surface area contributed by atoms with Gasteiger partial charge in [0.15, 0.2) is 17.1 Å². The lowest BCUT2D eigenvalue weighted by Gasteiger charge is -2.18. The van der Waals surface area contributed by atoms with Gasteiger partial charge < -0.3 is 14.6 Å². The van der Waals surface area contributed by atoms with E-state index in [1.54, 1.807) is 6.07 Å². The number of nitrogens with one attached hydrogen (secondary N) is 1. The van der Waals surface area contributed by atoms with Gasteiger partial charge >= 0.3 is 0 Å². The number of carbonyl (C=O) groups is 1. The first-order valence-corrected chi connectivity index (χ1v) is 11.2. The minimum Gasteiger partial charge on any atom is -0.481 e. The highest BCUT2D eigenvalue weighted by Crippen LogP contribution is 2.31. The molecule has 3 aromatic rings. The predicted molar refractivity (Wildman–Crippen MR) is 121 cm³/mol. The van der Waals surface area contributed by atoms with Crippen LogP contribution in [0.25, 0.3) is 0 Å². The maximum Gasteiger partial charge on any atom is 0.237 e. The molecule has 3 rings (SSSR count). The van der Waals surface area contributed by atoms with E-state index in [9.17, 15) is 4.79 Å². The van der Waals surface area contributed by atoms with E-state index in [4.69, 9.17) is 16.3 Å². The summed E-state index contributed by atoms with van der Waals surface area (Å²) in [5.41, 5.74) is 0.779. The predicted octanol–water partition coefficient (Wildman–Crippen LogP) is 5.60. The van der Waals surface area contributed by atoms with Crippen molar-refractivity contribution < 1.29 is 9.53 Å². The van der Waals surface area contributed by atoms with E-state index < -0.39 is 0 Å². The molecule has 6 nitrogen and oxygen atoms in total. The fraction of sp³-hybridized carbons (Fsp3) is 0.318. The molecule has 0 aliphatic rings. The van der Waals surface area contributed by atoms with Crippen molar-refractivity contribution in [2.24, 2.45) is 0 Å². The highest BCUT2D eigenvalue weighted by atomic mass is 35.5. The van der Waals surface area contributed by atoms with Crippen molar-refractivity contribution in [1.82, 2.24) is 14.8 Å². The van der Waals surface area contributed by atoms with Gasteiger partial charge in [-0.3, -0.25) is 4.79 Å². The zero-order valence-electron chi connectivity index (χ0n) is 17.2. The van der Waals surface area contributed by atoms with E-state index in [1.165, 1.54) is 11.8 Å². The van der Waals surface area contributed by atoms with Crippen LogP contribution in [0.4, 0.5) is 5.69 Å². The Morgan fingerprint density at radius 2 is 1.83 bits per heavy atom. The highest BCUT2D eigenvalue weighted by Gasteiger charge is 2.24. The summed E-state index contributed by atoms with van der Waals surface area (Å²) < 4.78 is 7.98. The van der Waals surface area contributed by atoms with Crippen LogP contribution < -0.4 is 10.1 Å². The molecule has 0 aliphatic heterocycles. The highest BCUT2D eigenvalue weighted by molar-refractivity contribution is 8.00. The molecule has 1 aromatic heterocycles. The lowest BCUT2D eigenvalue weighted by molar-refractivity contribution is -0.115. The van der Waals surface area contributed by atoms with E-state index in [1.807, 2.05) is 73.9 Å². The quantitative estimate of drug-likeness (QED) is 0.435. The zero-order chi connectivity index (χ0) is 21.5. The number of ether oxygens (including phenoxy) is 1. The van der Waals surface area contributed by atoms with E-state index in [0.29, 0.717) is 34.7 Å². The molecule has 0 aliphatic carbocycles. The van der Waals surface area contributed by atoms with Gasteiger partial charge in [-0.2, -0.15) is 0 Å². The Kier molecular flexibility index (Phi) is 7.76. The fourth-order valence-corrected chi connectivity index (χ4v) is 4.17. The van der Waals surface area contributed by atoms with Gasteiger partial charge in [0.1, 0.15) is 5.75 Å². The molecule has 30 heavy (non-hydrogen) atoms. The minimum absolute atomic E-state index is 0.0544. The number of benzene rings is 2. The molecule has 2 aromatic carbocycles. The monoisotopic (exact) mass is 444 g/mol. The average Bonchev–Trinajstić information content (AvgIpc) is 3.17. The third kappa shape index (κ3) is 5.34. The van der Waals surface area contributed by atoms with Crippen LogP contribution >= 0.6 is 23.4 Å². The van der Waals surface area contributed by atoms with Gasteiger partial charge in [-0.05, 0) is 44.5 Å². The summed E-state index contributed by atoms with van der Waals surface area (Å²) in [7, 11) is 0. The molecule has 1 heterocycles. The number of thioether (sulfide) groups is 1. The summed E-state index contributed by atoms with van der Waals surface area (Å²) in [4.78, 5) is 12.7. The van der Waals surface area contributed by atoms with Crippen LogP contribution in [0.3, 0.4) is 0 Å². The second-order valence-corrected chi connectivity index (χ2v) is 8.22. The van der Waals surface area contributed by atoms with Gasteiger partial charge in [0.05, 0.1) is 10.3 Å². The molecule has 1 amide bonds. The first-order valence-electron chi connectivity index (χ1n) is 9.90. The normalized spacial score (nSPS) is 12.9. The summed E-state index contributed by atoms with van der Waals surface area (Å²) >= 11 is 7.62. The summed E-state index contributed by atoms with van der Waals surface area (Å²) in [5, 5.41) is 12.6. The van der Waals surface area contributed by atoms with Crippen LogP contribution in [0.2, 0.25) is 5.02 Å². The number of para-hydroxylation sites is 2. The van der Waals surface area contributed by atoms with Crippen molar-refractivity contribution in [2.45, 2.75) is 50.2 Å². The number of hydrogen-bond acceptors (Lipinski definition) is 5. The Bertz CT molecular complexity index is 980. The molecular formula is C22H25ClN4O2S. The van der Waals surface area contributed by atoms with E-state index in [0.717, 1.165) is 5.69 Å². The van der Waals surface area contributed by atoms with Crippen molar-refractivity contribution >= 4 is 35.0 Å². The van der Waals surface area contributed by atoms with E-state index in [-0.39, 0.29) is 17.3 Å². The molecule has 0 spiro atoms. The number of amides is 1. The first-order chi connectivity index (χ1) is 14.5. The van der Waals surface area contributed by atoms with Crippen LogP contribution in [-0.4, -0.2) is 25.9 Å². The number of nitrogens with zero attached hydrogens (tertiary/aromatic N) is 3. The van der Waals surface area contributed by atoms with Crippen LogP contribution in [0, 0.1) is 0 Å². The molecule has 2 atom stereocenters. The van der Waals surface area contributed by atoms with Crippen LogP contribution in [0.1, 0.15) is 39.1 Å². The van der Waals surface area contributed by atoms with Crippen molar-refractivity contribution in [3.05, 3.63) is 65.4 Å². The van der Waals surface area contributed by atoms with Crippen molar-refractivity contribution in [1.29, 1.82) is 0 Å². The van der Waals surface area contributed by atoms with Crippen LogP contribution in [0.5, 0.6) is 5.75 Å². The van der Waals surface area contributed by atoms with Crippen LogP contribution in [0.15, 0.2) is 59.8 Å². The standard InChI is InChI=1S/C22H25ClN4O2S/c1-4-19(21(28)24-16-11-7-6-8-12-16)30-22-26-25-20(27(22)5-2)15(3)29-18-14-10-9-13-17(18)23/h6-15,19H,4-5H2,1-3H3,(H,24,28). The van der Waals surface area contributed by atoms with Gasteiger partial charge in [0.2, 0.25) is 5.91 Å². The lowest BCUT2D eigenvalue weighted by Crippen LogP contribution is -2.25. The number of aromatic nitrogens is 3. The van der Waals surface area contributed by atoms with E-state index >= 15 is 0 Å². The van der Waals surface area contributed by atoms with Crippen LogP contribution in [-0.2, 0) is 11.3 Å².